The van der Waals surface area contributed by atoms with Crippen molar-refractivity contribution in [2.75, 3.05) is 43.6 Å². The first kappa shape index (κ1) is 16.2. The molecule has 1 fully saturated rings. The highest BCUT2D eigenvalue weighted by molar-refractivity contribution is 7.91. The van der Waals surface area contributed by atoms with Gasteiger partial charge in [0.25, 0.3) is 0 Å². The lowest BCUT2D eigenvalue weighted by Crippen LogP contribution is -2.39. The number of hydrogen-bond donors (Lipinski definition) is 0. The van der Waals surface area contributed by atoms with Crippen molar-refractivity contribution in [2.45, 2.75) is 32.3 Å². The molecule has 0 bridgehead atoms. The maximum absolute atomic E-state index is 11.6. The standard InChI is InChI=1S/C12H24ClNO3S/c1-2-10-18(15,16)11-8-14-6-3-12(4-7-14)17-9-5-13/h12H,2-11H2,1H3. The van der Waals surface area contributed by atoms with Gasteiger partial charge in [0.15, 0.2) is 9.84 Å². The van der Waals surface area contributed by atoms with E-state index in [1.165, 1.54) is 0 Å². The number of nitrogens with zero attached hydrogens (tertiary/aromatic N) is 1. The molecule has 1 aliphatic rings. The van der Waals surface area contributed by atoms with Gasteiger partial charge in [-0.2, -0.15) is 0 Å². The monoisotopic (exact) mass is 297 g/mol. The summed E-state index contributed by atoms with van der Waals surface area (Å²) in [5, 5.41) is 0. The first-order valence-electron chi connectivity index (χ1n) is 6.67. The summed E-state index contributed by atoms with van der Waals surface area (Å²) in [4.78, 5) is 2.22. The second-order valence-corrected chi connectivity index (χ2v) is 7.43. The normalized spacial score (nSPS) is 19.2. The van der Waals surface area contributed by atoms with Gasteiger partial charge in [-0.25, -0.2) is 8.42 Å². The maximum atomic E-state index is 11.6. The van der Waals surface area contributed by atoms with Crippen LogP contribution in [0.1, 0.15) is 26.2 Å². The molecule has 0 aromatic carbocycles. The Labute approximate surface area is 116 Å². The molecular weight excluding hydrogens is 274 g/mol. The van der Waals surface area contributed by atoms with Crippen LogP contribution in [0.25, 0.3) is 0 Å². The average Bonchev–Trinajstić information content (AvgIpc) is 2.35. The van der Waals surface area contributed by atoms with E-state index in [0.29, 0.717) is 37.3 Å². The number of alkyl halides is 1. The van der Waals surface area contributed by atoms with E-state index in [9.17, 15) is 8.42 Å². The van der Waals surface area contributed by atoms with Crippen LogP contribution in [0.3, 0.4) is 0 Å². The van der Waals surface area contributed by atoms with Gasteiger partial charge in [0.1, 0.15) is 0 Å². The highest BCUT2D eigenvalue weighted by Crippen LogP contribution is 2.13. The van der Waals surface area contributed by atoms with Gasteiger partial charge in [-0.3, -0.25) is 0 Å². The van der Waals surface area contributed by atoms with E-state index in [1.807, 2.05) is 6.92 Å². The highest BCUT2D eigenvalue weighted by atomic mass is 35.5. The van der Waals surface area contributed by atoms with Crippen LogP contribution in [0.2, 0.25) is 0 Å². The molecule has 0 atom stereocenters. The summed E-state index contributed by atoms with van der Waals surface area (Å²) in [6.45, 7) is 5.02. The number of sulfone groups is 1. The van der Waals surface area contributed by atoms with Gasteiger partial charge < -0.3 is 9.64 Å². The zero-order valence-corrected chi connectivity index (χ0v) is 12.7. The average molecular weight is 298 g/mol. The molecule has 0 saturated carbocycles. The van der Waals surface area contributed by atoms with Crippen molar-refractivity contribution in [3.63, 3.8) is 0 Å². The van der Waals surface area contributed by atoms with Crippen molar-refractivity contribution in [2.24, 2.45) is 0 Å². The Morgan fingerprint density at radius 3 is 2.50 bits per heavy atom. The second kappa shape index (κ2) is 8.35. The third kappa shape index (κ3) is 6.36. The lowest BCUT2D eigenvalue weighted by molar-refractivity contribution is 0.0166. The smallest absolute Gasteiger partial charge is 0.151 e. The molecule has 0 amide bonds. The summed E-state index contributed by atoms with van der Waals surface area (Å²) >= 11 is 5.58. The molecule has 18 heavy (non-hydrogen) atoms. The molecule has 1 aliphatic heterocycles. The molecule has 108 valence electrons. The van der Waals surface area contributed by atoms with E-state index < -0.39 is 9.84 Å². The van der Waals surface area contributed by atoms with Crippen LogP contribution in [0.4, 0.5) is 0 Å². The van der Waals surface area contributed by atoms with E-state index >= 15 is 0 Å². The van der Waals surface area contributed by atoms with Crippen LogP contribution in [0.15, 0.2) is 0 Å². The van der Waals surface area contributed by atoms with Crippen molar-refractivity contribution in [1.29, 1.82) is 0 Å². The second-order valence-electron chi connectivity index (χ2n) is 4.75. The minimum absolute atomic E-state index is 0.286. The lowest BCUT2D eigenvalue weighted by atomic mass is 10.1. The maximum Gasteiger partial charge on any atom is 0.151 e. The van der Waals surface area contributed by atoms with Crippen molar-refractivity contribution in [1.82, 2.24) is 4.90 Å². The molecule has 1 saturated heterocycles. The van der Waals surface area contributed by atoms with Crippen LogP contribution in [0.5, 0.6) is 0 Å². The van der Waals surface area contributed by atoms with E-state index in [2.05, 4.69) is 4.90 Å². The van der Waals surface area contributed by atoms with Crippen LogP contribution in [0, 0.1) is 0 Å². The molecule has 6 heteroatoms. The Kier molecular flexibility index (Phi) is 7.53. The number of ether oxygens (including phenoxy) is 1. The molecule has 0 unspecified atom stereocenters. The van der Waals surface area contributed by atoms with Crippen molar-refractivity contribution < 1.29 is 13.2 Å². The quantitative estimate of drug-likeness (QED) is 0.638. The van der Waals surface area contributed by atoms with Crippen LogP contribution in [-0.4, -0.2) is 63.0 Å². The molecule has 0 aromatic heterocycles. The Hall–Kier alpha value is 0.160. The number of halogens is 1. The molecule has 0 N–H and O–H groups in total. The molecule has 0 aliphatic carbocycles. The lowest BCUT2D eigenvalue weighted by Gasteiger charge is -2.31. The zero-order valence-electron chi connectivity index (χ0n) is 11.1. The summed E-state index contributed by atoms with van der Waals surface area (Å²) < 4.78 is 28.8. The fourth-order valence-electron chi connectivity index (χ4n) is 2.19. The van der Waals surface area contributed by atoms with E-state index in [1.54, 1.807) is 0 Å². The third-order valence-corrected chi connectivity index (χ3v) is 5.19. The predicted molar refractivity (Wildman–Crippen MR) is 75.1 cm³/mol. The summed E-state index contributed by atoms with van der Waals surface area (Å²) in [6.07, 6.45) is 2.96. The Bertz CT molecular complexity index is 313. The first-order valence-corrected chi connectivity index (χ1v) is 9.03. The summed E-state index contributed by atoms with van der Waals surface area (Å²) in [5.41, 5.74) is 0. The van der Waals surface area contributed by atoms with E-state index in [0.717, 1.165) is 25.9 Å². The van der Waals surface area contributed by atoms with Gasteiger partial charge >= 0.3 is 0 Å². The van der Waals surface area contributed by atoms with Crippen LogP contribution >= 0.6 is 11.6 Å². The Morgan fingerprint density at radius 1 is 1.28 bits per heavy atom. The third-order valence-electron chi connectivity index (χ3n) is 3.20. The largest absolute Gasteiger partial charge is 0.377 e. The van der Waals surface area contributed by atoms with Gasteiger partial charge in [0.2, 0.25) is 0 Å². The summed E-state index contributed by atoms with van der Waals surface area (Å²) in [6, 6.07) is 0. The predicted octanol–water partition coefficient (Wildman–Crippen LogP) is 1.53. The van der Waals surface area contributed by atoms with E-state index in [4.69, 9.17) is 16.3 Å². The van der Waals surface area contributed by atoms with Crippen LogP contribution < -0.4 is 0 Å². The fraction of sp³-hybridized carbons (Fsp3) is 1.00. The molecule has 4 nitrogen and oxygen atoms in total. The number of hydrogen-bond acceptors (Lipinski definition) is 4. The Balaban J connectivity index is 2.19. The minimum Gasteiger partial charge on any atom is -0.377 e. The fourth-order valence-corrected chi connectivity index (χ4v) is 3.64. The van der Waals surface area contributed by atoms with Crippen molar-refractivity contribution >= 4 is 21.4 Å². The van der Waals surface area contributed by atoms with E-state index in [-0.39, 0.29) is 5.75 Å². The van der Waals surface area contributed by atoms with Crippen LogP contribution in [-0.2, 0) is 14.6 Å². The molecule has 1 heterocycles. The summed E-state index contributed by atoms with van der Waals surface area (Å²) in [7, 11) is -2.85. The number of likely N-dealkylation sites (tertiary alicyclic amines) is 1. The van der Waals surface area contributed by atoms with Gasteiger partial charge in [0.05, 0.1) is 18.5 Å². The molecule has 0 aromatic rings. The van der Waals surface area contributed by atoms with Crippen molar-refractivity contribution in [3.8, 4) is 0 Å². The SMILES string of the molecule is CCCS(=O)(=O)CCN1CCC(OCCCl)CC1. The van der Waals surface area contributed by atoms with Gasteiger partial charge in [-0.15, -0.1) is 11.6 Å². The minimum atomic E-state index is -2.85. The zero-order chi connectivity index (χ0) is 13.4. The molecule has 0 radical (unpaired) electrons. The van der Waals surface area contributed by atoms with Gasteiger partial charge in [-0.05, 0) is 19.3 Å². The molecule has 0 spiro atoms. The molecule has 1 rings (SSSR count). The number of rotatable bonds is 8. The van der Waals surface area contributed by atoms with Crippen molar-refractivity contribution in [3.05, 3.63) is 0 Å². The summed E-state index contributed by atoms with van der Waals surface area (Å²) in [5.74, 6) is 1.13. The Morgan fingerprint density at radius 2 is 1.94 bits per heavy atom. The first-order chi connectivity index (χ1) is 8.57. The topological polar surface area (TPSA) is 46.6 Å². The number of piperidine rings is 1. The molecular formula is C12H24ClNO3S. The van der Waals surface area contributed by atoms with Gasteiger partial charge in [-0.1, -0.05) is 6.92 Å². The highest BCUT2D eigenvalue weighted by Gasteiger charge is 2.20. The van der Waals surface area contributed by atoms with Gasteiger partial charge in [0, 0.05) is 31.3 Å².